The molecule has 0 saturated heterocycles. The zero-order chi connectivity index (χ0) is 10.7. The van der Waals surface area contributed by atoms with Gasteiger partial charge < -0.3 is 5.73 Å². The number of hydrogen-bond acceptors (Lipinski definition) is 1. The van der Waals surface area contributed by atoms with Crippen LogP contribution in [0.1, 0.15) is 18.1 Å². The van der Waals surface area contributed by atoms with Crippen molar-refractivity contribution < 1.29 is 0 Å². The summed E-state index contributed by atoms with van der Waals surface area (Å²) in [4.78, 5) is 0. The molecule has 0 aliphatic carbocycles. The topological polar surface area (TPSA) is 26.0 Å². The fraction of sp³-hybridized carbons (Fsp3) is 0.286. The van der Waals surface area contributed by atoms with Crippen LogP contribution in [0.4, 0.5) is 0 Å². The Kier molecular flexibility index (Phi) is 3.02. The Labute approximate surface area is 90.9 Å². The van der Waals surface area contributed by atoms with Gasteiger partial charge in [0.2, 0.25) is 0 Å². The number of benzene rings is 2. The van der Waals surface area contributed by atoms with Crippen molar-refractivity contribution in [2.45, 2.75) is 19.8 Å². The van der Waals surface area contributed by atoms with E-state index in [1.54, 1.807) is 0 Å². The van der Waals surface area contributed by atoms with Crippen LogP contribution in [0, 0.1) is 0 Å². The third kappa shape index (κ3) is 1.88. The molecule has 0 bridgehead atoms. The number of rotatable bonds is 3. The Morgan fingerprint density at radius 3 is 2.60 bits per heavy atom. The van der Waals surface area contributed by atoms with Crippen LogP contribution in [-0.2, 0) is 12.8 Å². The van der Waals surface area contributed by atoms with Crippen LogP contribution in [0.5, 0.6) is 0 Å². The molecule has 0 unspecified atom stereocenters. The maximum atomic E-state index is 5.68. The Hall–Kier alpha value is -1.34. The van der Waals surface area contributed by atoms with Crippen molar-refractivity contribution in [1.82, 2.24) is 0 Å². The number of fused-ring (bicyclic) bond motifs is 1. The zero-order valence-corrected chi connectivity index (χ0v) is 9.16. The standard InChI is InChI=1S/C14H17N/c1-2-11-7-8-12-5-3-4-6-13(12)14(11)9-10-15/h3-8H,2,9-10,15H2,1H3. The molecule has 2 aromatic rings. The van der Waals surface area contributed by atoms with E-state index in [1.165, 1.54) is 21.9 Å². The summed E-state index contributed by atoms with van der Waals surface area (Å²) >= 11 is 0. The summed E-state index contributed by atoms with van der Waals surface area (Å²) in [5, 5.41) is 2.68. The van der Waals surface area contributed by atoms with E-state index in [1.807, 2.05) is 0 Å². The average molecular weight is 199 g/mol. The van der Waals surface area contributed by atoms with Gasteiger partial charge in [0, 0.05) is 0 Å². The van der Waals surface area contributed by atoms with Crippen molar-refractivity contribution in [2.75, 3.05) is 6.54 Å². The molecular formula is C14H17N. The maximum Gasteiger partial charge on any atom is -0.00364 e. The molecule has 0 aromatic heterocycles. The lowest BCUT2D eigenvalue weighted by Crippen LogP contribution is -2.05. The maximum absolute atomic E-state index is 5.68. The van der Waals surface area contributed by atoms with E-state index in [4.69, 9.17) is 5.73 Å². The molecule has 78 valence electrons. The summed E-state index contributed by atoms with van der Waals surface area (Å²) in [7, 11) is 0. The molecule has 2 N–H and O–H groups in total. The van der Waals surface area contributed by atoms with E-state index in [2.05, 4.69) is 43.3 Å². The molecule has 1 heteroatoms. The van der Waals surface area contributed by atoms with Crippen molar-refractivity contribution >= 4 is 10.8 Å². The minimum Gasteiger partial charge on any atom is -0.330 e. The molecule has 15 heavy (non-hydrogen) atoms. The van der Waals surface area contributed by atoms with Crippen molar-refractivity contribution in [3.8, 4) is 0 Å². The predicted molar refractivity (Wildman–Crippen MR) is 66.1 cm³/mol. The third-order valence-electron chi connectivity index (χ3n) is 2.91. The van der Waals surface area contributed by atoms with Gasteiger partial charge in [0.25, 0.3) is 0 Å². The SMILES string of the molecule is CCc1ccc2ccccc2c1CCN. The van der Waals surface area contributed by atoms with Gasteiger partial charge in [-0.15, -0.1) is 0 Å². The molecule has 0 fully saturated rings. The first-order valence-electron chi connectivity index (χ1n) is 5.56. The lowest BCUT2D eigenvalue weighted by molar-refractivity contribution is 0.949. The molecule has 0 radical (unpaired) electrons. The van der Waals surface area contributed by atoms with Crippen LogP contribution in [0.2, 0.25) is 0 Å². The molecule has 0 saturated carbocycles. The van der Waals surface area contributed by atoms with Crippen LogP contribution < -0.4 is 5.73 Å². The number of aryl methyl sites for hydroxylation is 1. The van der Waals surface area contributed by atoms with E-state index in [9.17, 15) is 0 Å². The van der Waals surface area contributed by atoms with E-state index >= 15 is 0 Å². The summed E-state index contributed by atoms with van der Waals surface area (Å²) in [5.41, 5.74) is 8.53. The normalized spacial score (nSPS) is 10.8. The second kappa shape index (κ2) is 4.45. The molecule has 0 aliphatic rings. The van der Waals surface area contributed by atoms with Crippen molar-refractivity contribution in [3.05, 3.63) is 47.5 Å². The fourth-order valence-electron chi connectivity index (χ4n) is 2.15. The Bertz CT molecular complexity index is 460. The number of hydrogen-bond donors (Lipinski definition) is 1. The van der Waals surface area contributed by atoms with Crippen molar-refractivity contribution in [2.24, 2.45) is 5.73 Å². The van der Waals surface area contributed by atoms with Gasteiger partial charge in [-0.05, 0) is 41.3 Å². The average Bonchev–Trinajstić information content (AvgIpc) is 2.30. The summed E-state index contributed by atoms with van der Waals surface area (Å²) < 4.78 is 0. The first-order valence-corrected chi connectivity index (χ1v) is 5.56. The lowest BCUT2D eigenvalue weighted by atomic mass is 9.95. The van der Waals surface area contributed by atoms with Crippen LogP contribution in [0.15, 0.2) is 36.4 Å². The van der Waals surface area contributed by atoms with Crippen LogP contribution >= 0.6 is 0 Å². The Balaban J connectivity index is 2.67. The molecule has 0 amide bonds. The van der Waals surface area contributed by atoms with E-state index < -0.39 is 0 Å². The first kappa shape index (κ1) is 10.2. The number of nitrogens with two attached hydrogens (primary N) is 1. The molecule has 2 rings (SSSR count). The smallest absolute Gasteiger partial charge is 0.00364 e. The van der Waals surface area contributed by atoms with Crippen LogP contribution in [-0.4, -0.2) is 6.54 Å². The summed E-state index contributed by atoms with van der Waals surface area (Å²) in [5.74, 6) is 0. The van der Waals surface area contributed by atoms with Gasteiger partial charge in [0.15, 0.2) is 0 Å². The van der Waals surface area contributed by atoms with Gasteiger partial charge in [0.1, 0.15) is 0 Å². The largest absolute Gasteiger partial charge is 0.330 e. The zero-order valence-electron chi connectivity index (χ0n) is 9.16. The van der Waals surface area contributed by atoms with Gasteiger partial charge in [-0.1, -0.05) is 43.3 Å². The molecular weight excluding hydrogens is 182 g/mol. The van der Waals surface area contributed by atoms with Crippen LogP contribution in [0.25, 0.3) is 10.8 Å². The quantitative estimate of drug-likeness (QED) is 0.808. The molecule has 0 heterocycles. The summed E-state index contributed by atoms with van der Waals surface area (Å²) in [6.07, 6.45) is 2.06. The highest BCUT2D eigenvalue weighted by Crippen LogP contribution is 2.23. The van der Waals surface area contributed by atoms with Crippen molar-refractivity contribution in [1.29, 1.82) is 0 Å². The van der Waals surface area contributed by atoms with Crippen LogP contribution in [0.3, 0.4) is 0 Å². The minimum absolute atomic E-state index is 0.723. The predicted octanol–water partition coefficient (Wildman–Crippen LogP) is 2.90. The van der Waals surface area contributed by atoms with Gasteiger partial charge in [-0.2, -0.15) is 0 Å². The van der Waals surface area contributed by atoms with E-state index in [0.29, 0.717) is 0 Å². The molecule has 1 nitrogen and oxygen atoms in total. The highest BCUT2D eigenvalue weighted by atomic mass is 14.5. The summed E-state index contributed by atoms with van der Waals surface area (Å²) in [6.45, 7) is 2.92. The lowest BCUT2D eigenvalue weighted by Gasteiger charge is -2.10. The van der Waals surface area contributed by atoms with Gasteiger partial charge >= 0.3 is 0 Å². The molecule has 0 spiro atoms. The van der Waals surface area contributed by atoms with Crippen molar-refractivity contribution in [3.63, 3.8) is 0 Å². The monoisotopic (exact) mass is 199 g/mol. The van der Waals surface area contributed by atoms with E-state index in [0.717, 1.165) is 19.4 Å². The second-order valence-corrected chi connectivity index (χ2v) is 3.82. The highest BCUT2D eigenvalue weighted by Gasteiger charge is 2.04. The van der Waals surface area contributed by atoms with E-state index in [-0.39, 0.29) is 0 Å². The molecule has 2 aromatic carbocycles. The highest BCUT2D eigenvalue weighted by molar-refractivity contribution is 5.86. The molecule has 0 atom stereocenters. The fourth-order valence-corrected chi connectivity index (χ4v) is 2.15. The molecule has 0 aliphatic heterocycles. The Morgan fingerprint density at radius 1 is 1.07 bits per heavy atom. The first-order chi connectivity index (χ1) is 7.36. The second-order valence-electron chi connectivity index (χ2n) is 3.82. The minimum atomic E-state index is 0.723. The third-order valence-corrected chi connectivity index (χ3v) is 2.91. The van der Waals surface area contributed by atoms with Gasteiger partial charge in [-0.25, -0.2) is 0 Å². The Morgan fingerprint density at radius 2 is 1.87 bits per heavy atom. The van der Waals surface area contributed by atoms with Gasteiger partial charge in [-0.3, -0.25) is 0 Å². The van der Waals surface area contributed by atoms with Gasteiger partial charge in [0.05, 0.1) is 0 Å². The summed E-state index contributed by atoms with van der Waals surface area (Å²) in [6, 6.07) is 13.0.